The molecule has 9 heteroatoms. The molecule has 0 bridgehead atoms. The Kier molecular flexibility index (Phi) is 7.88. The Bertz CT molecular complexity index is 1080. The molecule has 0 spiro atoms. The van der Waals surface area contributed by atoms with Crippen molar-refractivity contribution in [1.82, 2.24) is 25.1 Å². The van der Waals surface area contributed by atoms with Crippen LogP contribution in [0.5, 0.6) is 0 Å². The van der Waals surface area contributed by atoms with E-state index in [9.17, 15) is 18.8 Å². The zero-order valence-electron chi connectivity index (χ0n) is 21.1. The fourth-order valence-electron chi connectivity index (χ4n) is 4.95. The van der Waals surface area contributed by atoms with Gasteiger partial charge in [-0.15, -0.1) is 0 Å². The van der Waals surface area contributed by atoms with Gasteiger partial charge in [0.25, 0.3) is 0 Å². The second kappa shape index (κ2) is 11.1. The van der Waals surface area contributed by atoms with E-state index in [1.807, 2.05) is 44.2 Å². The van der Waals surface area contributed by atoms with E-state index in [0.29, 0.717) is 19.4 Å². The first-order valence-electron chi connectivity index (χ1n) is 12.4. The minimum absolute atomic E-state index is 0.00631. The zero-order chi connectivity index (χ0) is 25.8. The minimum atomic E-state index is -0.617. The molecular weight excluding hydrogens is 461 g/mol. The van der Waals surface area contributed by atoms with Crippen LogP contribution >= 0.6 is 0 Å². The van der Waals surface area contributed by atoms with Gasteiger partial charge in [0.2, 0.25) is 11.8 Å². The number of hydrogen-bond donors (Lipinski definition) is 1. The van der Waals surface area contributed by atoms with Crippen LogP contribution in [0.3, 0.4) is 0 Å². The van der Waals surface area contributed by atoms with E-state index in [1.165, 1.54) is 12.1 Å². The number of nitrogens with one attached hydrogen (secondary N) is 1. The molecule has 2 saturated heterocycles. The molecule has 0 unspecified atom stereocenters. The number of nitrogens with zero attached hydrogens (tertiary/aromatic N) is 4. The number of rotatable bonds is 7. The molecule has 2 heterocycles. The monoisotopic (exact) mass is 495 g/mol. The topological polar surface area (TPSA) is 76.2 Å². The SMILES string of the molecule is CC(C)C[C@H]1C(=O)N(CCc2ccccc2)C[C@H]2N1C(=O)CN(C)N2C(=O)NCc1ccc(F)cc1. The molecule has 0 saturated carbocycles. The summed E-state index contributed by atoms with van der Waals surface area (Å²) >= 11 is 0. The minimum Gasteiger partial charge on any atom is -0.337 e. The number of carbonyl (C=O) groups excluding carboxylic acids is 3. The molecule has 4 amide bonds. The molecule has 0 radical (unpaired) electrons. The summed E-state index contributed by atoms with van der Waals surface area (Å²) in [6.45, 7) is 5.02. The summed E-state index contributed by atoms with van der Waals surface area (Å²) in [5, 5.41) is 6.04. The lowest BCUT2D eigenvalue weighted by molar-refractivity contribution is -0.187. The number of piperazine rings is 1. The van der Waals surface area contributed by atoms with Crippen LogP contribution in [-0.4, -0.2) is 76.6 Å². The van der Waals surface area contributed by atoms with Crippen LogP contribution in [0.15, 0.2) is 54.6 Å². The lowest BCUT2D eigenvalue weighted by Crippen LogP contribution is -2.76. The van der Waals surface area contributed by atoms with Crippen LogP contribution < -0.4 is 5.32 Å². The van der Waals surface area contributed by atoms with Crippen molar-refractivity contribution in [3.05, 3.63) is 71.5 Å². The molecule has 36 heavy (non-hydrogen) atoms. The number of hydrazine groups is 1. The zero-order valence-corrected chi connectivity index (χ0v) is 21.1. The van der Waals surface area contributed by atoms with E-state index in [2.05, 4.69) is 5.32 Å². The molecule has 2 aliphatic heterocycles. The lowest BCUT2D eigenvalue weighted by Gasteiger charge is -2.54. The Balaban J connectivity index is 1.56. The van der Waals surface area contributed by atoms with E-state index in [0.717, 1.165) is 11.1 Å². The number of carbonyl (C=O) groups is 3. The summed E-state index contributed by atoms with van der Waals surface area (Å²) in [6, 6.07) is 14.9. The van der Waals surface area contributed by atoms with Gasteiger partial charge < -0.3 is 15.1 Å². The van der Waals surface area contributed by atoms with Crippen molar-refractivity contribution in [3.8, 4) is 0 Å². The number of urea groups is 1. The first-order chi connectivity index (χ1) is 17.2. The molecule has 1 N–H and O–H groups in total. The van der Waals surface area contributed by atoms with Crippen molar-refractivity contribution in [2.45, 2.75) is 45.4 Å². The van der Waals surface area contributed by atoms with Gasteiger partial charge in [0.05, 0.1) is 13.1 Å². The number of fused-ring (bicyclic) bond motifs is 1. The molecule has 4 rings (SSSR count). The Morgan fingerprint density at radius 2 is 1.75 bits per heavy atom. The maximum Gasteiger partial charge on any atom is 0.334 e. The fraction of sp³-hybridized carbons (Fsp3) is 0.444. The van der Waals surface area contributed by atoms with Gasteiger partial charge >= 0.3 is 6.03 Å². The van der Waals surface area contributed by atoms with Gasteiger partial charge in [0, 0.05) is 20.1 Å². The number of amides is 4. The van der Waals surface area contributed by atoms with Crippen LogP contribution in [0.1, 0.15) is 31.4 Å². The summed E-state index contributed by atoms with van der Waals surface area (Å²) in [4.78, 5) is 43.5. The highest BCUT2D eigenvalue weighted by molar-refractivity contribution is 5.91. The van der Waals surface area contributed by atoms with E-state index in [1.54, 1.807) is 39.0 Å². The number of benzene rings is 2. The molecule has 8 nitrogen and oxygen atoms in total. The smallest absolute Gasteiger partial charge is 0.334 e. The van der Waals surface area contributed by atoms with Crippen molar-refractivity contribution in [1.29, 1.82) is 0 Å². The Labute approximate surface area is 211 Å². The average Bonchev–Trinajstić information content (AvgIpc) is 2.84. The van der Waals surface area contributed by atoms with Crippen LogP contribution in [-0.2, 0) is 22.6 Å². The van der Waals surface area contributed by atoms with Gasteiger partial charge in [-0.05, 0) is 42.0 Å². The predicted molar refractivity (Wildman–Crippen MR) is 134 cm³/mol. The first-order valence-corrected chi connectivity index (χ1v) is 12.4. The summed E-state index contributed by atoms with van der Waals surface area (Å²) in [5.41, 5.74) is 1.89. The van der Waals surface area contributed by atoms with E-state index < -0.39 is 12.2 Å². The van der Waals surface area contributed by atoms with Gasteiger partial charge in [-0.3, -0.25) is 9.59 Å². The van der Waals surface area contributed by atoms with E-state index in [-0.39, 0.29) is 49.2 Å². The maximum atomic E-state index is 13.5. The average molecular weight is 496 g/mol. The highest BCUT2D eigenvalue weighted by Crippen LogP contribution is 2.29. The number of hydrogen-bond acceptors (Lipinski definition) is 4. The normalized spacial score (nSPS) is 20.6. The molecule has 2 aromatic carbocycles. The van der Waals surface area contributed by atoms with Crippen LogP contribution in [0.4, 0.5) is 9.18 Å². The molecule has 0 aliphatic carbocycles. The summed E-state index contributed by atoms with van der Waals surface area (Å²) in [7, 11) is 1.70. The third-order valence-corrected chi connectivity index (χ3v) is 6.71. The molecule has 2 atom stereocenters. The van der Waals surface area contributed by atoms with Crippen molar-refractivity contribution in [2.75, 3.05) is 26.7 Å². The maximum absolute atomic E-state index is 13.5. The second-order valence-corrected chi connectivity index (χ2v) is 9.89. The molecule has 2 aliphatic rings. The summed E-state index contributed by atoms with van der Waals surface area (Å²) in [6.07, 6.45) is 0.605. The lowest BCUT2D eigenvalue weighted by atomic mass is 9.96. The summed E-state index contributed by atoms with van der Waals surface area (Å²) < 4.78 is 13.2. The second-order valence-electron chi connectivity index (χ2n) is 9.89. The summed E-state index contributed by atoms with van der Waals surface area (Å²) in [5.74, 6) is -0.372. The van der Waals surface area contributed by atoms with Gasteiger partial charge in [-0.1, -0.05) is 56.3 Å². The highest BCUT2D eigenvalue weighted by Gasteiger charge is 2.50. The number of likely N-dealkylation sites (N-methyl/N-ethyl adjacent to an activating group) is 1. The van der Waals surface area contributed by atoms with Crippen LogP contribution in [0.25, 0.3) is 0 Å². The van der Waals surface area contributed by atoms with Crippen LogP contribution in [0, 0.1) is 11.7 Å². The molecular formula is C27H34FN5O3. The van der Waals surface area contributed by atoms with E-state index in [4.69, 9.17) is 0 Å². The number of halogens is 1. The van der Waals surface area contributed by atoms with Gasteiger partial charge in [-0.2, -0.15) is 0 Å². The molecule has 192 valence electrons. The van der Waals surface area contributed by atoms with Gasteiger partial charge in [-0.25, -0.2) is 19.2 Å². The third-order valence-electron chi connectivity index (χ3n) is 6.71. The first kappa shape index (κ1) is 25.6. The van der Waals surface area contributed by atoms with Crippen molar-refractivity contribution < 1.29 is 18.8 Å². The van der Waals surface area contributed by atoms with E-state index >= 15 is 0 Å². The Morgan fingerprint density at radius 1 is 1.06 bits per heavy atom. The molecule has 2 fully saturated rings. The predicted octanol–water partition coefficient (Wildman–Crippen LogP) is 2.85. The molecule has 0 aromatic heterocycles. The van der Waals surface area contributed by atoms with Crippen molar-refractivity contribution >= 4 is 17.8 Å². The standard InChI is InChI=1S/C27H34FN5O3/c1-19(2)15-23-26(35)31(14-13-20-7-5-4-6-8-20)17-24-32(23)25(34)18-30(3)33(24)27(36)29-16-21-9-11-22(28)12-10-21/h4-12,19,23-24H,13-18H2,1-3H3,(H,29,36)/t23-,24-/m0/s1. The fourth-order valence-corrected chi connectivity index (χ4v) is 4.95. The van der Waals surface area contributed by atoms with Gasteiger partial charge in [0.15, 0.2) is 0 Å². The van der Waals surface area contributed by atoms with Crippen LogP contribution in [0.2, 0.25) is 0 Å². The highest BCUT2D eigenvalue weighted by atomic mass is 19.1. The Hall–Kier alpha value is -3.46. The third kappa shape index (κ3) is 5.67. The van der Waals surface area contributed by atoms with Crippen molar-refractivity contribution in [2.24, 2.45) is 5.92 Å². The quantitative estimate of drug-likeness (QED) is 0.641. The molecule has 2 aromatic rings. The van der Waals surface area contributed by atoms with Crippen molar-refractivity contribution in [3.63, 3.8) is 0 Å². The Morgan fingerprint density at radius 3 is 2.42 bits per heavy atom. The van der Waals surface area contributed by atoms with Gasteiger partial charge in [0.1, 0.15) is 18.0 Å². The largest absolute Gasteiger partial charge is 0.337 e.